The number of hydrogen-bond donors (Lipinski definition) is 1. The van der Waals surface area contributed by atoms with Crippen molar-refractivity contribution in [1.82, 2.24) is 10.3 Å². The number of benzene rings is 1. The average Bonchev–Trinajstić information content (AvgIpc) is 3.19. The van der Waals surface area contributed by atoms with E-state index in [2.05, 4.69) is 32.0 Å². The Kier molecular flexibility index (Phi) is 7.12. The molecule has 1 spiro atoms. The van der Waals surface area contributed by atoms with E-state index in [1.54, 1.807) is 12.1 Å². The van der Waals surface area contributed by atoms with E-state index >= 15 is 0 Å². The molecule has 2 heterocycles. The molecule has 1 aliphatic heterocycles. The zero-order chi connectivity index (χ0) is 22.7. The van der Waals surface area contributed by atoms with Gasteiger partial charge in [0.2, 0.25) is 0 Å². The van der Waals surface area contributed by atoms with Gasteiger partial charge < -0.3 is 14.8 Å². The largest absolute Gasteiger partial charge is 0.573 e. The second-order valence-electron chi connectivity index (χ2n) is 8.89. The maximum absolute atomic E-state index is 12.8. The van der Waals surface area contributed by atoms with E-state index < -0.39 is 6.36 Å². The molecule has 1 aromatic carbocycles. The SMILES string of the molecule is FC(F)(F)Oc1cc(Br)ccc1CNCCC1(c2ccccn2)CCOC2(CCCC2)C1. The molecule has 2 aromatic rings. The molecule has 2 aliphatic rings. The smallest absolute Gasteiger partial charge is 0.405 e. The fourth-order valence-corrected chi connectivity index (χ4v) is 5.58. The van der Waals surface area contributed by atoms with Gasteiger partial charge in [-0.3, -0.25) is 4.98 Å². The van der Waals surface area contributed by atoms with E-state index in [4.69, 9.17) is 9.72 Å². The van der Waals surface area contributed by atoms with Gasteiger partial charge in [-0.1, -0.05) is 40.9 Å². The number of pyridine rings is 1. The Labute approximate surface area is 195 Å². The van der Waals surface area contributed by atoms with Crippen LogP contribution in [0.4, 0.5) is 13.2 Å². The third kappa shape index (κ3) is 5.64. The van der Waals surface area contributed by atoms with E-state index in [-0.39, 0.29) is 16.8 Å². The van der Waals surface area contributed by atoms with Crippen molar-refractivity contribution in [1.29, 1.82) is 0 Å². The molecular weight excluding hydrogens is 485 g/mol. The van der Waals surface area contributed by atoms with Crippen LogP contribution in [0, 0.1) is 0 Å². The molecule has 4 rings (SSSR count). The Hall–Kier alpha value is -1.64. The van der Waals surface area contributed by atoms with E-state index in [1.807, 2.05) is 18.3 Å². The van der Waals surface area contributed by atoms with E-state index in [9.17, 15) is 13.2 Å². The lowest BCUT2D eigenvalue weighted by molar-refractivity contribution is -0.274. The van der Waals surface area contributed by atoms with Crippen LogP contribution in [0.1, 0.15) is 56.2 Å². The summed E-state index contributed by atoms with van der Waals surface area (Å²) in [5.74, 6) is -0.185. The monoisotopic (exact) mass is 512 g/mol. The van der Waals surface area contributed by atoms with Gasteiger partial charge in [0.15, 0.2) is 0 Å². The van der Waals surface area contributed by atoms with Gasteiger partial charge in [-0.2, -0.15) is 0 Å². The van der Waals surface area contributed by atoms with Gasteiger partial charge in [0.05, 0.1) is 5.60 Å². The summed E-state index contributed by atoms with van der Waals surface area (Å²) in [5, 5.41) is 3.34. The molecule has 174 valence electrons. The Morgan fingerprint density at radius 1 is 1.12 bits per heavy atom. The summed E-state index contributed by atoms with van der Waals surface area (Å²) in [6.07, 6.45) is 4.37. The third-order valence-corrected chi connectivity index (χ3v) is 7.22. The molecule has 4 nitrogen and oxygen atoms in total. The first-order valence-electron chi connectivity index (χ1n) is 11.1. The summed E-state index contributed by atoms with van der Waals surface area (Å²) in [4.78, 5) is 4.70. The Morgan fingerprint density at radius 2 is 1.94 bits per heavy atom. The average molecular weight is 513 g/mol. The number of aromatic nitrogens is 1. The minimum atomic E-state index is -4.73. The second kappa shape index (κ2) is 9.69. The van der Waals surface area contributed by atoms with Gasteiger partial charge in [0, 0.05) is 40.5 Å². The summed E-state index contributed by atoms with van der Waals surface area (Å²) < 4.78 is 49.4. The summed E-state index contributed by atoms with van der Waals surface area (Å²) in [7, 11) is 0. The fourth-order valence-electron chi connectivity index (χ4n) is 5.24. The number of nitrogens with one attached hydrogen (secondary N) is 1. The Balaban J connectivity index is 1.45. The van der Waals surface area contributed by atoms with Crippen LogP contribution in [0.3, 0.4) is 0 Å². The molecule has 1 unspecified atom stereocenters. The molecule has 0 radical (unpaired) electrons. The number of alkyl halides is 3. The molecule has 1 saturated carbocycles. The highest BCUT2D eigenvalue weighted by Crippen LogP contribution is 2.49. The van der Waals surface area contributed by atoms with Crippen LogP contribution in [0.5, 0.6) is 5.75 Å². The van der Waals surface area contributed by atoms with Crippen LogP contribution >= 0.6 is 15.9 Å². The quantitative estimate of drug-likeness (QED) is 0.443. The minimum absolute atomic E-state index is 0.0603. The van der Waals surface area contributed by atoms with Gasteiger partial charge in [-0.05, 0) is 62.9 Å². The Morgan fingerprint density at radius 3 is 2.66 bits per heavy atom. The number of halogens is 4. The van der Waals surface area contributed by atoms with Crippen molar-refractivity contribution >= 4 is 15.9 Å². The molecule has 0 bridgehead atoms. The van der Waals surface area contributed by atoms with Crippen molar-refractivity contribution < 1.29 is 22.6 Å². The van der Waals surface area contributed by atoms with Gasteiger partial charge in [-0.15, -0.1) is 13.2 Å². The van der Waals surface area contributed by atoms with Crippen LogP contribution < -0.4 is 10.1 Å². The maximum atomic E-state index is 12.8. The lowest BCUT2D eigenvalue weighted by atomic mass is 9.68. The van der Waals surface area contributed by atoms with Gasteiger partial charge in [-0.25, -0.2) is 0 Å². The van der Waals surface area contributed by atoms with Crippen LogP contribution in [0.15, 0.2) is 47.1 Å². The van der Waals surface area contributed by atoms with Crippen molar-refractivity contribution in [3.05, 3.63) is 58.3 Å². The van der Waals surface area contributed by atoms with Crippen LogP contribution in [-0.2, 0) is 16.7 Å². The highest BCUT2D eigenvalue weighted by atomic mass is 79.9. The summed E-state index contributed by atoms with van der Waals surface area (Å²) in [6.45, 7) is 1.67. The highest BCUT2D eigenvalue weighted by molar-refractivity contribution is 9.10. The zero-order valence-corrected chi connectivity index (χ0v) is 19.5. The molecular formula is C24H28BrF3N2O2. The molecule has 2 fully saturated rings. The number of rotatable bonds is 7. The molecule has 1 aromatic heterocycles. The van der Waals surface area contributed by atoms with E-state index in [0.717, 1.165) is 37.8 Å². The second-order valence-corrected chi connectivity index (χ2v) is 9.80. The summed E-state index contributed by atoms with van der Waals surface area (Å²) in [6, 6.07) is 10.8. The lowest BCUT2D eigenvalue weighted by Gasteiger charge is -2.46. The minimum Gasteiger partial charge on any atom is -0.405 e. The summed E-state index contributed by atoms with van der Waals surface area (Å²) >= 11 is 3.21. The fraction of sp³-hybridized carbons (Fsp3) is 0.542. The first kappa shape index (κ1) is 23.5. The van der Waals surface area contributed by atoms with E-state index in [0.29, 0.717) is 29.7 Å². The first-order valence-corrected chi connectivity index (χ1v) is 11.9. The van der Waals surface area contributed by atoms with Crippen molar-refractivity contribution in [3.8, 4) is 5.75 Å². The molecule has 1 atom stereocenters. The molecule has 1 N–H and O–H groups in total. The van der Waals surface area contributed by atoms with Gasteiger partial charge in [0.25, 0.3) is 0 Å². The molecule has 8 heteroatoms. The highest BCUT2D eigenvalue weighted by Gasteiger charge is 2.48. The zero-order valence-electron chi connectivity index (χ0n) is 17.9. The molecule has 1 saturated heterocycles. The Bertz CT molecular complexity index is 904. The predicted octanol–water partition coefficient (Wildman–Crippen LogP) is 6.28. The van der Waals surface area contributed by atoms with Gasteiger partial charge >= 0.3 is 6.36 Å². The first-order chi connectivity index (χ1) is 15.3. The number of hydrogen-bond acceptors (Lipinski definition) is 4. The standard InChI is InChI=1S/C24H28BrF3N2O2/c25-19-7-6-18(20(15-19)32-24(26,27)28)16-29-13-10-22(21-5-1-4-12-30-21)11-14-31-23(17-22)8-2-3-9-23/h1,4-7,12,15,29H,2-3,8-11,13-14,16-17H2. The topological polar surface area (TPSA) is 43.4 Å². The van der Waals surface area contributed by atoms with Crippen molar-refractivity contribution in [2.45, 2.75) is 68.9 Å². The predicted molar refractivity (Wildman–Crippen MR) is 119 cm³/mol. The van der Waals surface area contributed by atoms with Crippen LogP contribution in [-0.4, -0.2) is 30.1 Å². The summed E-state index contributed by atoms with van der Waals surface area (Å²) in [5.41, 5.74) is 1.40. The van der Waals surface area contributed by atoms with E-state index in [1.165, 1.54) is 18.9 Å². The van der Waals surface area contributed by atoms with Crippen LogP contribution in [0.2, 0.25) is 0 Å². The maximum Gasteiger partial charge on any atom is 0.573 e. The van der Waals surface area contributed by atoms with Crippen molar-refractivity contribution in [2.24, 2.45) is 0 Å². The van der Waals surface area contributed by atoms with Crippen LogP contribution in [0.25, 0.3) is 0 Å². The molecule has 32 heavy (non-hydrogen) atoms. The number of ether oxygens (including phenoxy) is 2. The molecule has 0 amide bonds. The van der Waals surface area contributed by atoms with Crippen molar-refractivity contribution in [3.63, 3.8) is 0 Å². The third-order valence-electron chi connectivity index (χ3n) is 6.72. The normalized spacial score (nSPS) is 22.9. The number of nitrogens with zero attached hydrogens (tertiary/aromatic N) is 1. The lowest BCUT2D eigenvalue weighted by Crippen LogP contribution is -2.47. The van der Waals surface area contributed by atoms with Gasteiger partial charge in [0.1, 0.15) is 5.75 Å². The molecule has 1 aliphatic carbocycles. The van der Waals surface area contributed by atoms with Crippen molar-refractivity contribution in [2.75, 3.05) is 13.2 Å².